The number of phenolic OH excluding ortho intramolecular Hbond substituents is 1. The Morgan fingerprint density at radius 2 is 1.95 bits per heavy atom. The summed E-state index contributed by atoms with van der Waals surface area (Å²) < 4.78 is 5.25. The number of rotatable bonds is 4. The summed E-state index contributed by atoms with van der Waals surface area (Å²) in [6.07, 6.45) is 3.13. The number of aryl methyl sites for hydroxylation is 1. The smallest absolute Gasteiger partial charge is 0.189 e. The second-order valence-electron chi connectivity index (χ2n) is 4.46. The van der Waals surface area contributed by atoms with E-state index < -0.39 is 0 Å². The third-order valence-corrected chi connectivity index (χ3v) is 2.97. The molecule has 0 spiro atoms. The van der Waals surface area contributed by atoms with Crippen LogP contribution < -0.4 is 4.74 Å². The Labute approximate surface area is 118 Å². The highest BCUT2D eigenvalue weighted by atomic mass is 16.5. The van der Waals surface area contributed by atoms with Crippen LogP contribution in [0.2, 0.25) is 0 Å². The highest BCUT2D eigenvalue weighted by Gasteiger charge is 2.07. The van der Waals surface area contributed by atoms with Gasteiger partial charge in [0, 0.05) is 5.56 Å². The number of carbonyl (C=O) groups excluding carboxylic acids is 1. The number of allylic oxidation sites excluding steroid dienone is 1. The molecule has 3 nitrogen and oxygen atoms in total. The Morgan fingerprint density at radius 1 is 1.20 bits per heavy atom. The van der Waals surface area contributed by atoms with Gasteiger partial charge in [-0.15, -0.1) is 0 Å². The van der Waals surface area contributed by atoms with Gasteiger partial charge >= 0.3 is 0 Å². The lowest BCUT2D eigenvalue weighted by Crippen LogP contribution is -1.95. The number of ether oxygens (including phenoxy) is 1. The van der Waals surface area contributed by atoms with E-state index in [0.29, 0.717) is 5.75 Å². The molecule has 0 aliphatic carbocycles. The first kappa shape index (κ1) is 13.9. The van der Waals surface area contributed by atoms with Gasteiger partial charge in [0.15, 0.2) is 5.78 Å². The van der Waals surface area contributed by atoms with E-state index in [4.69, 9.17) is 4.74 Å². The van der Waals surface area contributed by atoms with Crippen LogP contribution >= 0.6 is 0 Å². The molecule has 0 saturated carbocycles. The molecule has 3 heteroatoms. The second-order valence-corrected chi connectivity index (χ2v) is 4.46. The molecule has 0 radical (unpaired) electrons. The van der Waals surface area contributed by atoms with Crippen molar-refractivity contribution < 1.29 is 14.6 Å². The standard InChI is InChI=1S/C17H16O3/c1-12-7-10-17(20-2)13(11-12)8-9-16(19)14-5-3-4-6-15(14)18/h3-11,18H,1-2H3/b9-8+. The van der Waals surface area contributed by atoms with Crippen molar-refractivity contribution in [2.45, 2.75) is 6.92 Å². The van der Waals surface area contributed by atoms with E-state index in [2.05, 4.69) is 0 Å². The molecule has 2 rings (SSSR count). The fraction of sp³-hybridized carbons (Fsp3) is 0.118. The van der Waals surface area contributed by atoms with Gasteiger partial charge in [0.1, 0.15) is 11.5 Å². The van der Waals surface area contributed by atoms with Gasteiger partial charge in [-0.05, 0) is 43.3 Å². The Balaban J connectivity index is 2.28. The van der Waals surface area contributed by atoms with Crippen LogP contribution in [0.25, 0.3) is 6.08 Å². The SMILES string of the molecule is COc1ccc(C)cc1/C=C/C(=O)c1ccccc1O. The summed E-state index contributed by atoms with van der Waals surface area (Å²) in [7, 11) is 1.59. The zero-order chi connectivity index (χ0) is 14.5. The molecule has 0 aromatic heterocycles. The first-order chi connectivity index (χ1) is 9.61. The summed E-state index contributed by atoms with van der Waals surface area (Å²) in [6, 6.07) is 12.2. The van der Waals surface area contributed by atoms with Crippen molar-refractivity contribution in [3.8, 4) is 11.5 Å². The van der Waals surface area contributed by atoms with E-state index in [1.165, 1.54) is 12.1 Å². The Kier molecular flexibility index (Phi) is 4.20. The number of ketones is 1. The van der Waals surface area contributed by atoms with Gasteiger partial charge < -0.3 is 9.84 Å². The molecule has 0 heterocycles. The third kappa shape index (κ3) is 3.06. The lowest BCUT2D eigenvalue weighted by atomic mass is 10.1. The molecule has 0 unspecified atom stereocenters. The summed E-state index contributed by atoms with van der Waals surface area (Å²) in [5.74, 6) is 0.446. The molecular formula is C17H16O3. The number of hydrogen-bond acceptors (Lipinski definition) is 3. The largest absolute Gasteiger partial charge is 0.507 e. The van der Waals surface area contributed by atoms with Crippen LogP contribution in [0.1, 0.15) is 21.5 Å². The average molecular weight is 268 g/mol. The van der Waals surface area contributed by atoms with E-state index >= 15 is 0 Å². The summed E-state index contributed by atoms with van der Waals surface area (Å²) in [6.45, 7) is 1.97. The quantitative estimate of drug-likeness (QED) is 0.680. The topological polar surface area (TPSA) is 46.5 Å². The number of phenols is 1. The minimum Gasteiger partial charge on any atom is -0.507 e. The van der Waals surface area contributed by atoms with Gasteiger partial charge in [0.05, 0.1) is 12.7 Å². The Morgan fingerprint density at radius 3 is 2.65 bits per heavy atom. The molecule has 0 atom stereocenters. The molecule has 0 bridgehead atoms. The zero-order valence-electron chi connectivity index (χ0n) is 11.5. The van der Waals surface area contributed by atoms with E-state index in [1.807, 2.05) is 25.1 Å². The number of hydrogen-bond donors (Lipinski definition) is 1. The lowest BCUT2D eigenvalue weighted by Gasteiger charge is -2.05. The van der Waals surface area contributed by atoms with Crippen molar-refractivity contribution in [2.24, 2.45) is 0 Å². The van der Waals surface area contributed by atoms with Crippen LogP contribution in [-0.2, 0) is 0 Å². The molecule has 20 heavy (non-hydrogen) atoms. The van der Waals surface area contributed by atoms with Gasteiger partial charge in [-0.1, -0.05) is 23.8 Å². The fourth-order valence-electron chi connectivity index (χ4n) is 1.92. The van der Waals surface area contributed by atoms with Crippen molar-refractivity contribution in [3.63, 3.8) is 0 Å². The Bertz CT molecular complexity index is 657. The van der Waals surface area contributed by atoms with Gasteiger partial charge in [0.25, 0.3) is 0 Å². The number of para-hydroxylation sites is 1. The maximum atomic E-state index is 12.0. The van der Waals surface area contributed by atoms with Crippen LogP contribution in [0.5, 0.6) is 11.5 Å². The molecule has 1 N–H and O–H groups in total. The zero-order valence-corrected chi connectivity index (χ0v) is 11.5. The van der Waals surface area contributed by atoms with Crippen LogP contribution in [-0.4, -0.2) is 18.0 Å². The Hall–Kier alpha value is -2.55. The molecule has 102 valence electrons. The molecular weight excluding hydrogens is 252 g/mol. The molecule has 0 fully saturated rings. The van der Waals surface area contributed by atoms with Crippen LogP contribution in [0.15, 0.2) is 48.5 Å². The second kappa shape index (κ2) is 6.06. The predicted molar refractivity (Wildman–Crippen MR) is 79.2 cm³/mol. The summed E-state index contributed by atoms with van der Waals surface area (Å²) in [5, 5.41) is 9.64. The summed E-state index contributed by atoms with van der Waals surface area (Å²) in [5.41, 5.74) is 2.20. The normalized spacial score (nSPS) is 10.7. The minimum absolute atomic E-state index is 0.0154. The summed E-state index contributed by atoms with van der Waals surface area (Å²) >= 11 is 0. The first-order valence-electron chi connectivity index (χ1n) is 6.27. The molecule has 0 aliphatic rings. The van der Waals surface area contributed by atoms with Crippen LogP contribution in [0.3, 0.4) is 0 Å². The number of aromatic hydroxyl groups is 1. The molecule has 0 amide bonds. The van der Waals surface area contributed by atoms with Gasteiger partial charge in [-0.2, -0.15) is 0 Å². The van der Waals surface area contributed by atoms with E-state index in [0.717, 1.165) is 11.1 Å². The molecule has 2 aromatic rings. The van der Waals surface area contributed by atoms with E-state index in [-0.39, 0.29) is 17.1 Å². The molecule has 0 aliphatic heterocycles. The maximum absolute atomic E-state index is 12.0. The number of benzene rings is 2. The van der Waals surface area contributed by atoms with Crippen molar-refractivity contribution in [1.29, 1.82) is 0 Å². The highest BCUT2D eigenvalue weighted by Crippen LogP contribution is 2.22. The highest BCUT2D eigenvalue weighted by molar-refractivity contribution is 6.08. The van der Waals surface area contributed by atoms with Crippen LogP contribution in [0, 0.1) is 6.92 Å². The number of methoxy groups -OCH3 is 1. The molecule has 0 saturated heterocycles. The van der Waals surface area contributed by atoms with Gasteiger partial charge in [-0.25, -0.2) is 0 Å². The minimum atomic E-state index is -0.244. The first-order valence-corrected chi connectivity index (χ1v) is 6.27. The van der Waals surface area contributed by atoms with Crippen molar-refractivity contribution in [2.75, 3.05) is 7.11 Å². The lowest BCUT2D eigenvalue weighted by molar-refractivity contribution is 0.104. The van der Waals surface area contributed by atoms with Crippen molar-refractivity contribution in [3.05, 3.63) is 65.2 Å². The van der Waals surface area contributed by atoms with Crippen LogP contribution in [0.4, 0.5) is 0 Å². The predicted octanol–water partition coefficient (Wildman–Crippen LogP) is 3.61. The molecule has 2 aromatic carbocycles. The average Bonchev–Trinajstić information content (AvgIpc) is 2.45. The van der Waals surface area contributed by atoms with Crippen molar-refractivity contribution in [1.82, 2.24) is 0 Å². The van der Waals surface area contributed by atoms with Gasteiger partial charge in [-0.3, -0.25) is 4.79 Å². The van der Waals surface area contributed by atoms with E-state index in [1.54, 1.807) is 31.4 Å². The van der Waals surface area contributed by atoms with Crippen molar-refractivity contribution >= 4 is 11.9 Å². The monoisotopic (exact) mass is 268 g/mol. The summed E-state index contributed by atoms with van der Waals surface area (Å²) in [4.78, 5) is 12.0. The fourth-order valence-corrected chi connectivity index (χ4v) is 1.92. The third-order valence-electron chi connectivity index (χ3n) is 2.97. The van der Waals surface area contributed by atoms with E-state index in [9.17, 15) is 9.90 Å². The van der Waals surface area contributed by atoms with Gasteiger partial charge in [0.2, 0.25) is 0 Å². The maximum Gasteiger partial charge on any atom is 0.189 e. The number of carbonyl (C=O) groups is 1.